The highest BCUT2D eigenvalue weighted by molar-refractivity contribution is 14.0. The third-order valence-electron chi connectivity index (χ3n) is 5.58. The van der Waals surface area contributed by atoms with E-state index in [1.165, 1.54) is 24.9 Å². The van der Waals surface area contributed by atoms with E-state index < -0.39 is 0 Å². The van der Waals surface area contributed by atoms with Crippen LogP contribution in [0, 0.1) is 5.41 Å². The highest BCUT2D eigenvalue weighted by atomic mass is 127. The maximum atomic E-state index is 5.29. The zero-order valence-electron chi connectivity index (χ0n) is 17.9. The minimum atomic E-state index is 0. The number of guanidine groups is 1. The van der Waals surface area contributed by atoms with Crippen molar-refractivity contribution in [1.82, 2.24) is 10.6 Å². The molecule has 0 spiro atoms. The van der Waals surface area contributed by atoms with E-state index >= 15 is 0 Å². The van der Waals surface area contributed by atoms with E-state index in [-0.39, 0.29) is 24.0 Å². The summed E-state index contributed by atoms with van der Waals surface area (Å²) in [5.74, 6) is 0.956. The summed E-state index contributed by atoms with van der Waals surface area (Å²) in [6.07, 6.45) is 7.32. The third kappa shape index (κ3) is 8.55. The van der Waals surface area contributed by atoms with Gasteiger partial charge in [-0.15, -0.1) is 24.0 Å². The fourth-order valence-corrected chi connectivity index (χ4v) is 3.56. The summed E-state index contributed by atoms with van der Waals surface area (Å²) < 4.78 is 5.29. The van der Waals surface area contributed by atoms with E-state index in [0.29, 0.717) is 5.41 Å². The van der Waals surface area contributed by atoms with E-state index in [2.05, 4.69) is 59.8 Å². The van der Waals surface area contributed by atoms with Gasteiger partial charge in [0.25, 0.3) is 0 Å². The Morgan fingerprint density at radius 3 is 2.54 bits per heavy atom. The molecule has 0 bridgehead atoms. The van der Waals surface area contributed by atoms with Gasteiger partial charge in [-0.25, -0.2) is 0 Å². The second kappa shape index (κ2) is 14.0. The Balaban J connectivity index is 0.00000392. The quantitative estimate of drug-likeness (QED) is 0.194. The Kier molecular flexibility index (Phi) is 12.5. The van der Waals surface area contributed by atoms with E-state index in [0.717, 1.165) is 58.0 Å². The van der Waals surface area contributed by atoms with Crippen LogP contribution in [-0.4, -0.2) is 52.9 Å². The van der Waals surface area contributed by atoms with Crippen molar-refractivity contribution in [1.29, 1.82) is 0 Å². The monoisotopic (exact) mass is 502 g/mol. The van der Waals surface area contributed by atoms with Gasteiger partial charge in [0.2, 0.25) is 0 Å². The summed E-state index contributed by atoms with van der Waals surface area (Å²) in [6, 6.07) is 10.6. The number of hydrogen-bond donors (Lipinski definition) is 2. The molecule has 160 valence electrons. The zero-order chi connectivity index (χ0) is 19.4. The number of halogens is 1. The number of aliphatic imine (C=N–C) groups is 1. The molecule has 1 saturated carbocycles. The summed E-state index contributed by atoms with van der Waals surface area (Å²) in [7, 11) is 3.95. The van der Waals surface area contributed by atoms with Gasteiger partial charge in [-0.05, 0) is 56.6 Å². The minimum absolute atomic E-state index is 0. The van der Waals surface area contributed by atoms with Crippen LogP contribution in [0.15, 0.2) is 35.3 Å². The molecule has 0 aromatic heterocycles. The molecule has 0 amide bonds. The fraction of sp³-hybridized carbons (Fsp3) is 0.682. The maximum absolute atomic E-state index is 5.29. The van der Waals surface area contributed by atoms with Crippen LogP contribution < -0.4 is 15.5 Å². The number of benzene rings is 1. The summed E-state index contributed by atoms with van der Waals surface area (Å²) in [4.78, 5) is 7.18. The van der Waals surface area contributed by atoms with Crippen LogP contribution >= 0.6 is 24.0 Å². The first-order valence-electron chi connectivity index (χ1n) is 10.5. The van der Waals surface area contributed by atoms with Crippen molar-refractivity contribution in [3.63, 3.8) is 0 Å². The molecular formula is C22H39IN4O. The Hall–Kier alpha value is -1.02. The lowest BCUT2D eigenvalue weighted by molar-refractivity contribution is 0.0778. The van der Waals surface area contributed by atoms with Crippen molar-refractivity contribution < 1.29 is 4.74 Å². The molecule has 2 rings (SSSR count). The molecule has 0 radical (unpaired) electrons. The molecule has 0 saturated heterocycles. The molecule has 2 N–H and O–H groups in total. The number of hydrogen-bond acceptors (Lipinski definition) is 3. The number of unbranched alkanes of at least 4 members (excludes halogenated alkanes) is 1. The Morgan fingerprint density at radius 2 is 1.93 bits per heavy atom. The fourth-order valence-electron chi connectivity index (χ4n) is 3.56. The molecule has 0 atom stereocenters. The summed E-state index contributed by atoms with van der Waals surface area (Å²) in [5, 5.41) is 6.88. The SMILES string of the molecule is CCNC(=NCC1(CCOC)CCC1)NCCCCN(C)c1ccccc1.I. The highest BCUT2D eigenvalue weighted by Crippen LogP contribution is 2.44. The molecule has 0 aliphatic heterocycles. The average Bonchev–Trinajstić information content (AvgIpc) is 2.67. The number of ether oxygens (including phenoxy) is 1. The molecule has 6 heteroatoms. The van der Waals surface area contributed by atoms with Crippen molar-refractivity contribution in [2.75, 3.05) is 51.8 Å². The van der Waals surface area contributed by atoms with Crippen LogP contribution in [-0.2, 0) is 4.74 Å². The summed E-state index contributed by atoms with van der Waals surface area (Å²) in [6.45, 7) is 6.79. The average molecular weight is 502 g/mol. The van der Waals surface area contributed by atoms with Crippen LogP contribution in [0.4, 0.5) is 5.69 Å². The molecule has 1 aromatic rings. The first-order valence-corrected chi connectivity index (χ1v) is 10.5. The Labute approximate surface area is 188 Å². The summed E-state index contributed by atoms with van der Waals surface area (Å²) in [5.41, 5.74) is 1.65. The number of rotatable bonds is 12. The van der Waals surface area contributed by atoms with Crippen LogP contribution in [0.5, 0.6) is 0 Å². The van der Waals surface area contributed by atoms with Crippen LogP contribution in [0.3, 0.4) is 0 Å². The van der Waals surface area contributed by atoms with Crippen molar-refractivity contribution >= 4 is 35.6 Å². The minimum Gasteiger partial charge on any atom is -0.385 e. The van der Waals surface area contributed by atoms with Gasteiger partial charge in [0, 0.05) is 52.6 Å². The van der Waals surface area contributed by atoms with Gasteiger partial charge in [0.15, 0.2) is 5.96 Å². The number of methoxy groups -OCH3 is 1. The van der Waals surface area contributed by atoms with Gasteiger partial charge in [-0.2, -0.15) is 0 Å². The number of nitrogens with zero attached hydrogens (tertiary/aromatic N) is 2. The zero-order valence-corrected chi connectivity index (χ0v) is 20.2. The van der Waals surface area contributed by atoms with Crippen molar-refractivity contribution in [2.24, 2.45) is 10.4 Å². The topological polar surface area (TPSA) is 48.9 Å². The number of nitrogens with one attached hydrogen (secondary N) is 2. The highest BCUT2D eigenvalue weighted by Gasteiger charge is 2.36. The lowest BCUT2D eigenvalue weighted by Gasteiger charge is -2.40. The van der Waals surface area contributed by atoms with Crippen molar-refractivity contribution in [2.45, 2.75) is 45.4 Å². The van der Waals surface area contributed by atoms with E-state index in [4.69, 9.17) is 9.73 Å². The smallest absolute Gasteiger partial charge is 0.191 e. The predicted octanol–water partition coefficient (Wildman–Crippen LogP) is 4.28. The molecule has 1 aromatic carbocycles. The molecule has 5 nitrogen and oxygen atoms in total. The third-order valence-corrected chi connectivity index (χ3v) is 5.58. The normalized spacial score (nSPS) is 15.3. The van der Waals surface area contributed by atoms with Gasteiger partial charge in [0.1, 0.15) is 0 Å². The molecule has 0 heterocycles. The first kappa shape index (κ1) is 25.0. The van der Waals surface area contributed by atoms with E-state index in [1.807, 2.05) is 0 Å². The van der Waals surface area contributed by atoms with Crippen molar-refractivity contribution in [3.8, 4) is 0 Å². The Morgan fingerprint density at radius 1 is 1.18 bits per heavy atom. The van der Waals surface area contributed by atoms with Gasteiger partial charge < -0.3 is 20.3 Å². The van der Waals surface area contributed by atoms with E-state index in [9.17, 15) is 0 Å². The van der Waals surface area contributed by atoms with Gasteiger partial charge in [0.05, 0.1) is 0 Å². The maximum Gasteiger partial charge on any atom is 0.191 e. The molecule has 1 aliphatic rings. The van der Waals surface area contributed by atoms with Crippen LogP contribution in [0.2, 0.25) is 0 Å². The van der Waals surface area contributed by atoms with Crippen molar-refractivity contribution in [3.05, 3.63) is 30.3 Å². The molecular weight excluding hydrogens is 463 g/mol. The van der Waals surface area contributed by atoms with Crippen LogP contribution in [0.1, 0.15) is 45.4 Å². The lowest BCUT2D eigenvalue weighted by Crippen LogP contribution is -2.40. The van der Waals surface area contributed by atoms with Gasteiger partial charge in [-0.1, -0.05) is 24.6 Å². The number of para-hydroxylation sites is 1. The summed E-state index contributed by atoms with van der Waals surface area (Å²) >= 11 is 0. The second-order valence-corrected chi connectivity index (χ2v) is 7.68. The molecule has 1 aliphatic carbocycles. The standard InChI is InChI=1S/C22H38N4O.HI/c1-4-23-21(25-19-22(13-10-14-22)15-18-27-3)24-16-8-9-17-26(2)20-11-6-5-7-12-20;/h5-7,11-12H,4,8-10,13-19H2,1-3H3,(H2,23,24,25);1H. The van der Waals surface area contributed by atoms with Gasteiger partial charge >= 0.3 is 0 Å². The number of anilines is 1. The predicted molar refractivity (Wildman–Crippen MR) is 131 cm³/mol. The van der Waals surface area contributed by atoms with E-state index in [1.54, 1.807) is 7.11 Å². The molecule has 28 heavy (non-hydrogen) atoms. The van der Waals surface area contributed by atoms with Gasteiger partial charge in [-0.3, -0.25) is 4.99 Å². The molecule has 0 unspecified atom stereocenters. The van der Waals surface area contributed by atoms with Crippen LogP contribution in [0.25, 0.3) is 0 Å². The Bertz CT molecular complexity index is 549. The second-order valence-electron chi connectivity index (χ2n) is 7.68. The largest absolute Gasteiger partial charge is 0.385 e. The first-order chi connectivity index (χ1) is 13.2. The lowest BCUT2D eigenvalue weighted by atomic mass is 9.67. The molecule has 1 fully saturated rings.